The maximum atomic E-state index is 10.9. The van der Waals surface area contributed by atoms with Crippen molar-refractivity contribution in [2.75, 3.05) is 27.2 Å². The molecule has 5 heteroatoms. The highest BCUT2D eigenvalue weighted by Gasteiger charge is 2.13. The Morgan fingerprint density at radius 2 is 2.08 bits per heavy atom. The molecule has 0 spiro atoms. The minimum absolute atomic E-state index is 0.0413. The van der Waals surface area contributed by atoms with Crippen LogP contribution in [-0.2, 0) is 9.53 Å². The highest BCUT2D eigenvalue weighted by atomic mass is 16.5. The quantitative estimate of drug-likeness (QED) is 0.645. The number of hydrogen-bond donors (Lipinski definition) is 1. The van der Waals surface area contributed by atoms with Crippen molar-refractivity contribution in [1.29, 1.82) is 0 Å². The molecule has 0 heterocycles. The van der Waals surface area contributed by atoms with E-state index < -0.39 is 6.09 Å². The second-order valence-electron chi connectivity index (χ2n) is 2.16. The molecule has 0 fully saturated rings. The zero-order valence-electron chi connectivity index (χ0n) is 7.59. The Kier molecular flexibility index (Phi) is 4.83. The second kappa shape index (κ2) is 5.40. The van der Waals surface area contributed by atoms with Crippen LogP contribution in [0.15, 0.2) is 0 Å². The number of amides is 2. The number of likely N-dealkylation sites (N-methyl/N-ethyl adjacent to an activating group) is 2. The number of carbonyl (C=O) groups is 2. The Morgan fingerprint density at radius 3 is 2.42 bits per heavy atom. The van der Waals surface area contributed by atoms with Crippen molar-refractivity contribution in [3.05, 3.63) is 0 Å². The summed E-state index contributed by atoms with van der Waals surface area (Å²) in [6.45, 7) is 2.28. The van der Waals surface area contributed by atoms with Gasteiger partial charge in [-0.3, -0.25) is 9.69 Å². The van der Waals surface area contributed by atoms with Gasteiger partial charge < -0.3 is 10.1 Å². The van der Waals surface area contributed by atoms with E-state index in [0.717, 1.165) is 0 Å². The molecular weight excluding hydrogens is 160 g/mol. The van der Waals surface area contributed by atoms with Crippen LogP contribution in [-0.4, -0.2) is 44.1 Å². The Morgan fingerprint density at radius 1 is 1.50 bits per heavy atom. The fourth-order valence-electron chi connectivity index (χ4n) is 0.687. The highest BCUT2D eigenvalue weighted by Crippen LogP contribution is 1.91. The molecule has 5 nitrogen and oxygen atoms in total. The summed E-state index contributed by atoms with van der Waals surface area (Å²) in [5.41, 5.74) is 0. The molecule has 0 saturated carbocycles. The fourth-order valence-corrected chi connectivity index (χ4v) is 0.687. The van der Waals surface area contributed by atoms with Crippen LogP contribution in [0.4, 0.5) is 4.79 Å². The molecule has 0 aromatic heterocycles. The second-order valence-corrected chi connectivity index (χ2v) is 2.16. The predicted molar refractivity (Wildman–Crippen MR) is 43.7 cm³/mol. The molecular formula is C7H14N2O3. The number of ether oxygens (including phenoxy) is 1. The van der Waals surface area contributed by atoms with Crippen LogP contribution < -0.4 is 5.32 Å². The third-order valence-corrected chi connectivity index (χ3v) is 1.43. The average molecular weight is 174 g/mol. The highest BCUT2D eigenvalue weighted by molar-refractivity contribution is 5.81. The summed E-state index contributed by atoms with van der Waals surface area (Å²) in [5, 5.41) is 2.42. The van der Waals surface area contributed by atoms with Gasteiger partial charge in [-0.05, 0) is 6.92 Å². The van der Waals surface area contributed by atoms with E-state index in [-0.39, 0.29) is 12.5 Å². The van der Waals surface area contributed by atoms with E-state index in [1.165, 1.54) is 19.1 Å². The first kappa shape index (κ1) is 10.7. The molecule has 1 N–H and O–H groups in total. The standard InChI is InChI=1S/C7H14N2O3/c1-4-9(7(11)12-3)5-6(10)8-2/h4-5H2,1-3H3,(H,8,10). The van der Waals surface area contributed by atoms with Crippen molar-refractivity contribution in [1.82, 2.24) is 10.2 Å². The molecule has 0 aromatic rings. The molecule has 0 saturated heterocycles. The van der Waals surface area contributed by atoms with Gasteiger partial charge in [0.2, 0.25) is 5.91 Å². The van der Waals surface area contributed by atoms with E-state index in [4.69, 9.17) is 0 Å². The third-order valence-electron chi connectivity index (χ3n) is 1.43. The van der Waals surface area contributed by atoms with Crippen LogP contribution in [0.2, 0.25) is 0 Å². The van der Waals surface area contributed by atoms with Gasteiger partial charge in [0.15, 0.2) is 0 Å². The first-order valence-corrected chi connectivity index (χ1v) is 3.69. The molecule has 0 rings (SSSR count). The average Bonchev–Trinajstić information content (AvgIpc) is 2.12. The first-order valence-electron chi connectivity index (χ1n) is 3.69. The van der Waals surface area contributed by atoms with Crippen molar-refractivity contribution in [2.45, 2.75) is 6.92 Å². The molecule has 12 heavy (non-hydrogen) atoms. The van der Waals surface area contributed by atoms with E-state index in [1.54, 1.807) is 6.92 Å². The minimum Gasteiger partial charge on any atom is -0.453 e. The Hall–Kier alpha value is -1.26. The summed E-state index contributed by atoms with van der Waals surface area (Å²) in [6, 6.07) is 0. The molecule has 0 radical (unpaired) electrons. The lowest BCUT2D eigenvalue weighted by molar-refractivity contribution is -0.121. The van der Waals surface area contributed by atoms with Gasteiger partial charge in [0.1, 0.15) is 6.54 Å². The summed E-state index contributed by atoms with van der Waals surface area (Å²) >= 11 is 0. The van der Waals surface area contributed by atoms with Crippen LogP contribution in [0.25, 0.3) is 0 Å². The van der Waals surface area contributed by atoms with Gasteiger partial charge in [0, 0.05) is 13.6 Å². The van der Waals surface area contributed by atoms with E-state index in [2.05, 4.69) is 10.1 Å². The first-order chi connectivity index (χ1) is 5.65. The SMILES string of the molecule is CCN(CC(=O)NC)C(=O)OC. The fraction of sp³-hybridized carbons (Fsp3) is 0.714. The van der Waals surface area contributed by atoms with Gasteiger partial charge in [-0.1, -0.05) is 0 Å². The maximum Gasteiger partial charge on any atom is 0.409 e. The topological polar surface area (TPSA) is 58.6 Å². The maximum absolute atomic E-state index is 10.9. The minimum atomic E-state index is -0.485. The van der Waals surface area contributed by atoms with Gasteiger partial charge in [0.05, 0.1) is 7.11 Å². The number of nitrogens with one attached hydrogen (secondary N) is 1. The van der Waals surface area contributed by atoms with E-state index in [9.17, 15) is 9.59 Å². The van der Waals surface area contributed by atoms with Gasteiger partial charge in [-0.2, -0.15) is 0 Å². The number of methoxy groups -OCH3 is 1. The lowest BCUT2D eigenvalue weighted by Gasteiger charge is -2.17. The van der Waals surface area contributed by atoms with Gasteiger partial charge in [-0.15, -0.1) is 0 Å². The van der Waals surface area contributed by atoms with E-state index >= 15 is 0 Å². The van der Waals surface area contributed by atoms with Crippen LogP contribution in [0.5, 0.6) is 0 Å². The third kappa shape index (κ3) is 3.23. The van der Waals surface area contributed by atoms with Crippen LogP contribution in [0.1, 0.15) is 6.92 Å². The molecule has 0 atom stereocenters. The molecule has 2 amide bonds. The van der Waals surface area contributed by atoms with Crippen molar-refractivity contribution < 1.29 is 14.3 Å². The molecule has 0 aliphatic heterocycles. The Labute approximate surface area is 71.7 Å². The number of nitrogens with zero attached hydrogens (tertiary/aromatic N) is 1. The Balaban J connectivity index is 3.99. The van der Waals surface area contributed by atoms with Gasteiger partial charge in [-0.25, -0.2) is 4.79 Å². The van der Waals surface area contributed by atoms with Crippen LogP contribution in [0, 0.1) is 0 Å². The summed E-state index contributed by atoms with van der Waals surface area (Å²) in [6.07, 6.45) is -0.485. The molecule has 0 unspecified atom stereocenters. The lowest BCUT2D eigenvalue weighted by Crippen LogP contribution is -2.39. The Bertz CT molecular complexity index is 170. The van der Waals surface area contributed by atoms with Crippen LogP contribution >= 0.6 is 0 Å². The largest absolute Gasteiger partial charge is 0.453 e. The summed E-state index contributed by atoms with van der Waals surface area (Å²) in [4.78, 5) is 23.1. The molecule has 0 aromatic carbocycles. The van der Waals surface area contributed by atoms with Crippen molar-refractivity contribution in [3.63, 3.8) is 0 Å². The molecule has 0 aliphatic rings. The summed E-state index contributed by atoms with van der Waals surface area (Å²) < 4.78 is 4.46. The van der Waals surface area contributed by atoms with E-state index in [0.29, 0.717) is 6.54 Å². The molecule has 0 aliphatic carbocycles. The zero-order chi connectivity index (χ0) is 9.56. The summed E-state index contributed by atoms with van der Waals surface area (Å²) in [5.74, 6) is -0.206. The van der Waals surface area contributed by atoms with Gasteiger partial charge >= 0.3 is 6.09 Å². The molecule has 70 valence electrons. The number of rotatable bonds is 3. The predicted octanol–water partition coefficient (Wildman–Crippen LogP) is -0.179. The zero-order valence-corrected chi connectivity index (χ0v) is 7.59. The number of hydrogen-bond acceptors (Lipinski definition) is 3. The molecule has 0 bridgehead atoms. The smallest absolute Gasteiger partial charge is 0.409 e. The van der Waals surface area contributed by atoms with Crippen molar-refractivity contribution in [2.24, 2.45) is 0 Å². The number of carbonyl (C=O) groups excluding carboxylic acids is 2. The van der Waals surface area contributed by atoms with Crippen LogP contribution in [0.3, 0.4) is 0 Å². The summed E-state index contributed by atoms with van der Waals surface area (Å²) in [7, 11) is 2.81. The lowest BCUT2D eigenvalue weighted by atomic mass is 10.5. The van der Waals surface area contributed by atoms with Crippen molar-refractivity contribution >= 4 is 12.0 Å². The van der Waals surface area contributed by atoms with Crippen molar-refractivity contribution in [3.8, 4) is 0 Å². The van der Waals surface area contributed by atoms with E-state index in [1.807, 2.05) is 0 Å². The normalized spacial score (nSPS) is 8.92. The monoisotopic (exact) mass is 174 g/mol. The van der Waals surface area contributed by atoms with Gasteiger partial charge in [0.25, 0.3) is 0 Å².